The van der Waals surface area contributed by atoms with Crippen LogP contribution in [0.25, 0.3) is 5.52 Å². The molecular weight excluding hydrogens is 168 g/mol. The highest BCUT2D eigenvalue weighted by atomic mass is 16.4. The van der Waals surface area contributed by atoms with Gasteiger partial charge in [-0.2, -0.15) is 0 Å². The summed E-state index contributed by atoms with van der Waals surface area (Å²) in [7, 11) is 0. The van der Waals surface area contributed by atoms with E-state index in [0.29, 0.717) is 0 Å². The average molecular weight is 176 g/mol. The lowest BCUT2D eigenvalue weighted by molar-refractivity contribution is 0.0689. The fourth-order valence-corrected chi connectivity index (χ4v) is 1.32. The zero-order chi connectivity index (χ0) is 9.42. The van der Waals surface area contributed by atoms with Gasteiger partial charge in [0.25, 0.3) is 0 Å². The molecule has 0 spiro atoms. The third-order valence-electron chi connectivity index (χ3n) is 1.98. The fraction of sp³-hybridized carbons (Fsp3) is 0.111. The zero-order valence-electron chi connectivity index (χ0n) is 7.06. The molecule has 13 heavy (non-hydrogen) atoms. The third kappa shape index (κ3) is 1.07. The van der Waals surface area contributed by atoms with Crippen LogP contribution in [0.2, 0.25) is 0 Å². The largest absolute Gasteiger partial charge is 0.477 e. The van der Waals surface area contributed by atoms with Gasteiger partial charge in [0, 0.05) is 0 Å². The lowest BCUT2D eigenvalue weighted by Crippen LogP contribution is -2.03. The van der Waals surface area contributed by atoms with Crippen molar-refractivity contribution in [3.05, 3.63) is 35.9 Å². The number of carboxylic acids is 1. The molecule has 66 valence electrons. The number of rotatable bonds is 1. The molecule has 0 saturated heterocycles. The third-order valence-corrected chi connectivity index (χ3v) is 1.98. The molecule has 2 aromatic rings. The monoisotopic (exact) mass is 176 g/mol. The molecule has 0 aromatic carbocycles. The van der Waals surface area contributed by atoms with Crippen LogP contribution in [0.4, 0.5) is 0 Å². The minimum Gasteiger partial charge on any atom is -0.477 e. The number of aryl methyl sites for hydroxylation is 1. The number of nitrogens with zero attached hydrogens (tertiary/aromatic N) is 2. The molecule has 2 rings (SSSR count). The number of pyridine rings is 1. The summed E-state index contributed by atoms with van der Waals surface area (Å²) in [6.45, 7) is 1.85. The number of hydrogen-bond donors (Lipinski definition) is 1. The molecule has 0 saturated carbocycles. The molecule has 0 aliphatic rings. The van der Waals surface area contributed by atoms with E-state index in [-0.39, 0.29) is 5.69 Å². The van der Waals surface area contributed by atoms with Gasteiger partial charge in [0.15, 0.2) is 0 Å². The molecule has 0 bridgehead atoms. The molecule has 0 amide bonds. The Kier molecular flexibility index (Phi) is 1.55. The van der Waals surface area contributed by atoms with Crippen molar-refractivity contribution in [3.63, 3.8) is 0 Å². The molecule has 0 fully saturated rings. The molecule has 0 aliphatic carbocycles. The van der Waals surface area contributed by atoms with E-state index in [2.05, 4.69) is 4.98 Å². The lowest BCUT2D eigenvalue weighted by atomic mass is 10.3. The minimum absolute atomic E-state index is 0.234. The number of imidazole rings is 1. The van der Waals surface area contributed by atoms with Gasteiger partial charge in [-0.25, -0.2) is 9.78 Å². The second kappa shape index (κ2) is 2.58. The van der Waals surface area contributed by atoms with Crippen molar-refractivity contribution in [2.24, 2.45) is 0 Å². The first-order valence-corrected chi connectivity index (χ1v) is 3.86. The van der Waals surface area contributed by atoms with Gasteiger partial charge < -0.3 is 5.11 Å². The van der Waals surface area contributed by atoms with Gasteiger partial charge in [-0.1, -0.05) is 6.07 Å². The van der Waals surface area contributed by atoms with Gasteiger partial charge in [0.1, 0.15) is 12.0 Å². The first-order valence-electron chi connectivity index (χ1n) is 3.86. The number of aromatic carboxylic acids is 1. The summed E-state index contributed by atoms with van der Waals surface area (Å²) in [5, 5.41) is 8.84. The maximum Gasteiger partial charge on any atom is 0.352 e. The van der Waals surface area contributed by atoms with Crippen LogP contribution in [0.5, 0.6) is 0 Å². The summed E-state index contributed by atoms with van der Waals surface area (Å²) in [6, 6.07) is 5.11. The Balaban J connectivity index is 2.84. The zero-order valence-corrected chi connectivity index (χ0v) is 7.06. The van der Waals surface area contributed by atoms with E-state index in [1.165, 1.54) is 6.33 Å². The summed E-state index contributed by atoms with van der Waals surface area (Å²) in [6.07, 6.45) is 1.52. The summed E-state index contributed by atoms with van der Waals surface area (Å²) in [5.74, 6) is -0.942. The van der Waals surface area contributed by atoms with Crippen LogP contribution in [0.15, 0.2) is 24.5 Å². The molecule has 4 heteroatoms. The second-order valence-electron chi connectivity index (χ2n) is 2.80. The van der Waals surface area contributed by atoms with E-state index in [1.54, 1.807) is 16.5 Å². The minimum atomic E-state index is -0.942. The van der Waals surface area contributed by atoms with Gasteiger partial charge in [-0.05, 0) is 19.1 Å². The summed E-state index contributed by atoms with van der Waals surface area (Å²) in [4.78, 5) is 14.8. The van der Waals surface area contributed by atoms with Crippen LogP contribution in [0, 0.1) is 6.92 Å². The van der Waals surface area contributed by atoms with Crippen molar-refractivity contribution in [1.29, 1.82) is 0 Å². The van der Waals surface area contributed by atoms with Gasteiger partial charge in [0.05, 0.1) is 11.2 Å². The Labute approximate surface area is 74.5 Å². The number of carboxylic acid groups (broad SMARTS) is 1. The normalized spacial score (nSPS) is 10.5. The first-order chi connectivity index (χ1) is 6.20. The maximum absolute atomic E-state index is 10.8. The van der Waals surface area contributed by atoms with Crippen molar-refractivity contribution in [3.8, 4) is 0 Å². The Morgan fingerprint density at radius 3 is 3.00 bits per heavy atom. The van der Waals surface area contributed by atoms with Crippen LogP contribution < -0.4 is 0 Å². The van der Waals surface area contributed by atoms with E-state index in [1.807, 2.05) is 13.0 Å². The predicted octanol–water partition coefficient (Wildman–Crippen LogP) is 1.34. The van der Waals surface area contributed by atoms with Crippen molar-refractivity contribution in [1.82, 2.24) is 9.38 Å². The van der Waals surface area contributed by atoms with Gasteiger partial charge in [-0.3, -0.25) is 4.40 Å². The van der Waals surface area contributed by atoms with Gasteiger partial charge in [0.2, 0.25) is 0 Å². The molecule has 2 heterocycles. The van der Waals surface area contributed by atoms with Gasteiger partial charge >= 0.3 is 5.97 Å². The van der Waals surface area contributed by atoms with E-state index >= 15 is 0 Å². The summed E-state index contributed by atoms with van der Waals surface area (Å²) >= 11 is 0. The maximum atomic E-state index is 10.8. The Hall–Kier alpha value is -1.84. The van der Waals surface area contributed by atoms with Crippen LogP contribution in [0.1, 0.15) is 16.2 Å². The number of carbonyl (C=O) groups is 1. The highest BCUT2D eigenvalue weighted by Gasteiger charge is 2.08. The molecule has 0 unspecified atom stereocenters. The van der Waals surface area contributed by atoms with Crippen LogP contribution in [0.3, 0.4) is 0 Å². The molecule has 4 nitrogen and oxygen atoms in total. The SMILES string of the molecule is Cc1ncn2c(C(=O)O)cccc12. The Morgan fingerprint density at radius 2 is 2.31 bits per heavy atom. The lowest BCUT2D eigenvalue weighted by Gasteiger charge is -1.98. The van der Waals surface area contributed by atoms with Crippen molar-refractivity contribution < 1.29 is 9.90 Å². The smallest absolute Gasteiger partial charge is 0.352 e. The first kappa shape index (κ1) is 7.79. The number of aromatic nitrogens is 2. The highest BCUT2D eigenvalue weighted by molar-refractivity contribution is 5.86. The fourth-order valence-electron chi connectivity index (χ4n) is 1.32. The average Bonchev–Trinajstić information content (AvgIpc) is 2.48. The molecule has 1 N–H and O–H groups in total. The summed E-state index contributed by atoms with van der Waals surface area (Å²) < 4.78 is 1.57. The van der Waals surface area contributed by atoms with Crippen LogP contribution >= 0.6 is 0 Å². The standard InChI is InChI=1S/C9H8N2O2/c1-6-7-3-2-4-8(9(12)13)11(7)5-10-6/h2-5H,1H3,(H,12,13). The van der Waals surface area contributed by atoms with Crippen molar-refractivity contribution in [2.45, 2.75) is 6.92 Å². The van der Waals surface area contributed by atoms with E-state index in [9.17, 15) is 4.79 Å². The van der Waals surface area contributed by atoms with E-state index in [4.69, 9.17) is 5.11 Å². The number of hydrogen-bond acceptors (Lipinski definition) is 2. The molecule has 0 atom stereocenters. The highest BCUT2D eigenvalue weighted by Crippen LogP contribution is 2.10. The molecule has 0 aliphatic heterocycles. The topological polar surface area (TPSA) is 54.6 Å². The second-order valence-corrected chi connectivity index (χ2v) is 2.80. The Morgan fingerprint density at radius 1 is 1.54 bits per heavy atom. The van der Waals surface area contributed by atoms with Crippen molar-refractivity contribution >= 4 is 11.5 Å². The van der Waals surface area contributed by atoms with E-state index in [0.717, 1.165) is 11.2 Å². The van der Waals surface area contributed by atoms with Gasteiger partial charge in [-0.15, -0.1) is 0 Å². The molecule has 0 radical (unpaired) electrons. The Bertz CT molecular complexity index is 473. The predicted molar refractivity (Wildman–Crippen MR) is 46.9 cm³/mol. The van der Waals surface area contributed by atoms with E-state index < -0.39 is 5.97 Å². The molecule has 2 aromatic heterocycles. The van der Waals surface area contributed by atoms with Crippen LogP contribution in [-0.4, -0.2) is 20.5 Å². The quantitative estimate of drug-likeness (QED) is 0.713. The summed E-state index contributed by atoms with van der Waals surface area (Å²) in [5.41, 5.74) is 1.90. The van der Waals surface area contributed by atoms with Crippen LogP contribution in [-0.2, 0) is 0 Å². The number of fused-ring (bicyclic) bond motifs is 1. The molecular formula is C9H8N2O2. The van der Waals surface area contributed by atoms with Crippen molar-refractivity contribution in [2.75, 3.05) is 0 Å².